The Kier molecular flexibility index (Phi) is 5.21. The van der Waals surface area contributed by atoms with E-state index in [-0.39, 0.29) is 18.4 Å². The number of nitrogens with one attached hydrogen (secondary N) is 3. The summed E-state index contributed by atoms with van der Waals surface area (Å²) in [6.45, 7) is 0.502. The average molecular weight is 432 g/mol. The van der Waals surface area contributed by atoms with Crippen molar-refractivity contribution < 1.29 is 9.59 Å². The molecule has 0 saturated carbocycles. The van der Waals surface area contributed by atoms with Gasteiger partial charge in [-0.3, -0.25) is 9.59 Å². The highest BCUT2D eigenvalue weighted by molar-refractivity contribution is 7.98. The molecular weight excluding hydrogens is 410 g/mol. The highest BCUT2D eigenvalue weighted by atomic mass is 32.2. The van der Waals surface area contributed by atoms with E-state index in [1.807, 2.05) is 54.6 Å². The predicted molar refractivity (Wildman–Crippen MR) is 122 cm³/mol. The summed E-state index contributed by atoms with van der Waals surface area (Å²) in [5.74, 6) is 1.78. The summed E-state index contributed by atoms with van der Waals surface area (Å²) in [5, 5.41) is 11.4. The summed E-state index contributed by atoms with van der Waals surface area (Å²) in [6.07, 6.45) is 1.71. The second-order valence-corrected chi connectivity index (χ2v) is 8.37. The van der Waals surface area contributed by atoms with Gasteiger partial charge in [0.1, 0.15) is 12.4 Å². The van der Waals surface area contributed by atoms with E-state index in [4.69, 9.17) is 0 Å². The summed E-state index contributed by atoms with van der Waals surface area (Å²) in [4.78, 5) is 28.7. The number of hydrogen-bond acceptors (Lipinski definition) is 4. The Labute approximate surface area is 183 Å². The van der Waals surface area contributed by atoms with Gasteiger partial charge in [0.15, 0.2) is 0 Å². The third-order valence-corrected chi connectivity index (χ3v) is 6.28. The predicted octanol–water partition coefficient (Wildman–Crippen LogP) is 3.68. The number of carbonyl (C=O) groups is 2. The Hall–Kier alpha value is -3.52. The lowest BCUT2D eigenvalue weighted by molar-refractivity contribution is -0.122. The SMILES string of the molecule is O=C(Cn1nc2c(c1NC(=O)c1c[nH]c3ccccc13)CSC2)NCc1ccccc1. The molecule has 0 unspecified atom stereocenters. The van der Waals surface area contributed by atoms with Gasteiger partial charge < -0.3 is 15.6 Å². The molecule has 0 radical (unpaired) electrons. The molecule has 2 aromatic heterocycles. The van der Waals surface area contributed by atoms with Crippen LogP contribution in [0.2, 0.25) is 0 Å². The number of nitrogens with zero attached hydrogens (tertiary/aromatic N) is 2. The van der Waals surface area contributed by atoms with Gasteiger partial charge in [0, 0.05) is 40.7 Å². The van der Waals surface area contributed by atoms with E-state index in [1.165, 1.54) is 0 Å². The zero-order valence-electron chi connectivity index (χ0n) is 16.7. The molecule has 4 aromatic rings. The number of aromatic nitrogens is 3. The molecule has 0 spiro atoms. The minimum atomic E-state index is -0.219. The molecule has 8 heteroatoms. The van der Waals surface area contributed by atoms with Gasteiger partial charge in [-0.1, -0.05) is 48.5 Å². The summed E-state index contributed by atoms with van der Waals surface area (Å²) in [7, 11) is 0. The van der Waals surface area contributed by atoms with Crippen molar-refractivity contribution in [2.24, 2.45) is 0 Å². The topological polar surface area (TPSA) is 91.8 Å². The maximum atomic E-state index is 13.1. The Morgan fingerprint density at radius 1 is 1.06 bits per heavy atom. The number of benzene rings is 2. The summed E-state index contributed by atoms with van der Waals surface area (Å²) in [5.41, 5.74) is 4.42. The Balaban J connectivity index is 1.35. The van der Waals surface area contributed by atoms with Gasteiger partial charge in [0.2, 0.25) is 5.91 Å². The van der Waals surface area contributed by atoms with E-state index in [1.54, 1.807) is 22.6 Å². The molecule has 0 atom stereocenters. The van der Waals surface area contributed by atoms with E-state index in [9.17, 15) is 9.59 Å². The largest absolute Gasteiger partial charge is 0.360 e. The quantitative estimate of drug-likeness (QED) is 0.434. The second-order valence-electron chi connectivity index (χ2n) is 7.39. The minimum absolute atomic E-state index is 0.0496. The van der Waals surface area contributed by atoms with Crippen LogP contribution in [-0.4, -0.2) is 26.6 Å². The normalized spacial score (nSPS) is 12.6. The van der Waals surface area contributed by atoms with Crippen LogP contribution >= 0.6 is 11.8 Å². The number of anilines is 1. The van der Waals surface area contributed by atoms with Gasteiger partial charge >= 0.3 is 0 Å². The maximum Gasteiger partial charge on any atom is 0.258 e. The van der Waals surface area contributed by atoms with Crippen molar-refractivity contribution in [1.29, 1.82) is 0 Å². The van der Waals surface area contributed by atoms with Gasteiger partial charge in [-0.25, -0.2) is 4.68 Å². The Morgan fingerprint density at radius 2 is 1.87 bits per heavy atom. The van der Waals surface area contributed by atoms with Crippen molar-refractivity contribution in [1.82, 2.24) is 20.1 Å². The fraction of sp³-hybridized carbons (Fsp3) is 0.174. The van der Waals surface area contributed by atoms with E-state index >= 15 is 0 Å². The van der Waals surface area contributed by atoms with Crippen LogP contribution in [0.4, 0.5) is 5.82 Å². The number of thioether (sulfide) groups is 1. The first-order valence-corrected chi connectivity index (χ1v) is 11.2. The molecule has 2 amide bonds. The van der Waals surface area contributed by atoms with E-state index in [2.05, 4.69) is 20.7 Å². The number of fused-ring (bicyclic) bond motifs is 2. The fourth-order valence-electron chi connectivity index (χ4n) is 3.74. The van der Waals surface area contributed by atoms with Crippen molar-refractivity contribution >= 4 is 40.3 Å². The molecule has 7 nitrogen and oxygen atoms in total. The maximum absolute atomic E-state index is 13.1. The molecule has 2 aromatic carbocycles. The van der Waals surface area contributed by atoms with Crippen molar-refractivity contribution in [3.05, 3.63) is 83.2 Å². The molecule has 0 bridgehead atoms. The number of H-pyrrole nitrogens is 1. The van der Waals surface area contributed by atoms with Crippen molar-refractivity contribution in [2.75, 3.05) is 5.32 Å². The molecular formula is C23H21N5O2S. The molecule has 5 rings (SSSR count). The standard InChI is InChI=1S/C23H21N5O2S/c29-21(25-10-15-6-2-1-3-7-15)12-28-22(18-13-31-14-20(18)27-28)26-23(30)17-11-24-19-9-5-4-8-16(17)19/h1-9,11,24H,10,12-14H2,(H,25,29)(H,26,30). The van der Waals surface area contributed by atoms with E-state index < -0.39 is 0 Å². The Morgan fingerprint density at radius 3 is 2.74 bits per heavy atom. The van der Waals surface area contributed by atoms with Crippen LogP contribution < -0.4 is 10.6 Å². The first kappa shape index (κ1) is 19.4. The lowest BCUT2D eigenvalue weighted by Crippen LogP contribution is -2.28. The number of carbonyl (C=O) groups excluding carboxylic acids is 2. The third kappa shape index (κ3) is 3.94. The number of para-hydroxylation sites is 1. The molecule has 0 aliphatic carbocycles. The van der Waals surface area contributed by atoms with Crippen LogP contribution in [0.25, 0.3) is 10.9 Å². The molecule has 3 heterocycles. The van der Waals surface area contributed by atoms with Crippen LogP contribution in [0.1, 0.15) is 27.2 Å². The van der Waals surface area contributed by atoms with Crippen LogP contribution in [0.3, 0.4) is 0 Å². The van der Waals surface area contributed by atoms with Gasteiger partial charge in [0.05, 0.1) is 11.3 Å². The van der Waals surface area contributed by atoms with Gasteiger partial charge in [-0.2, -0.15) is 16.9 Å². The second kappa shape index (κ2) is 8.31. The lowest BCUT2D eigenvalue weighted by Gasteiger charge is -2.11. The molecule has 156 valence electrons. The molecule has 1 aliphatic rings. The van der Waals surface area contributed by atoms with Gasteiger partial charge in [-0.05, 0) is 11.6 Å². The minimum Gasteiger partial charge on any atom is -0.360 e. The van der Waals surface area contributed by atoms with Gasteiger partial charge in [-0.15, -0.1) is 0 Å². The van der Waals surface area contributed by atoms with Crippen LogP contribution in [-0.2, 0) is 29.4 Å². The number of hydrogen-bond donors (Lipinski definition) is 3. The third-order valence-electron chi connectivity index (χ3n) is 5.31. The van der Waals surface area contributed by atoms with E-state index in [0.29, 0.717) is 17.9 Å². The highest BCUT2D eigenvalue weighted by Gasteiger charge is 2.25. The highest BCUT2D eigenvalue weighted by Crippen LogP contribution is 2.35. The molecule has 1 aliphatic heterocycles. The Bertz CT molecular complexity index is 1260. The van der Waals surface area contributed by atoms with Crippen molar-refractivity contribution in [2.45, 2.75) is 24.6 Å². The zero-order valence-corrected chi connectivity index (χ0v) is 17.5. The van der Waals surface area contributed by atoms with Gasteiger partial charge in [0.25, 0.3) is 5.91 Å². The summed E-state index contributed by atoms with van der Waals surface area (Å²) in [6, 6.07) is 17.4. The van der Waals surface area contributed by atoms with E-state index in [0.717, 1.165) is 39.2 Å². The number of rotatable bonds is 6. The van der Waals surface area contributed by atoms with Crippen LogP contribution in [0, 0.1) is 0 Å². The fourth-order valence-corrected chi connectivity index (χ4v) is 4.78. The monoisotopic (exact) mass is 431 g/mol. The first-order valence-electron chi connectivity index (χ1n) is 10.0. The molecule has 0 fully saturated rings. The van der Waals surface area contributed by atoms with Crippen molar-refractivity contribution in [3.63, 3.8) is 0 Å². The van der Waals surface area contributed by atoms with Crippen molar-refractivity contribution in [3.8, 4) is 0 Å². The lowest BCUT2D eigenvalue weighted by atomic mass is 10.1. The first-order chi connectivity index (χ1) is 15.2. The average Bonchev–Trinajstić information content (AvgIpc) is 3.49. The number of aromatic amines is 1. The molecule has 31 heavy (non-hydrogen) atoms. The smallest absolute Gasteiger partial charge is 0.258 e. The van der Waals surface area contributed by atoms with Crippen LogP contribution in [0.15, 0.2) is 60.8 Å². The molecule has 0 saturated heterocycles. The number of amides is 2. The molecule has 3 N–H and O–H groups in total. The summed E-state index contributed by atoms with van der Waals surface area (Å²) < 4.78 is 1.61. The summed E-state index contributed by atoms with van der Waals surface area (Å²) >= 11 is 1.75. The zero-order chi connectivity index (χ0) is 21.2. The van der Waals surface area contributed by atoms with Crippen LogP contribution in [0.5, 0.6) is 0 Å².